The van der Waals surface area contributed by atoms with Crippen molar-refractivity contribution in [3.63, 3.8) is 0 Å². The molecule has 1 aromatic carbocycles. The highest BCUT2D eigenvalue weighted by Crippen LogP contribution is 2.24. The Morgan fingerprint density at radius 3 is 2.73 bits per heavy atom. The van der Waals surface area contributed by atoms with Gasteiger partial charge in [-0.15, -0.1) is 0 Å². The van der Waals surface area contributed by atoms with Crippen LogP contribution in [0.2, 0.25) is 0 Å². The second kappa shape index (κ2) is 9.91. The van der Waals surface area contributed by atoms with Crippen molar-refractivity contribution in [1.82, 2.24) is 4.98 Å². The van der Waals surface area contributed by atoms with Crippen LogP contribution in [0.25, 0.3) is 16.5 Å². The van der Waals surface area contributed by atoms with E-state index in [1.165, 1.54) is 32.1 Å². The monoisotopic (exact) mass is 351 g/mol. The Bertz CT molecular complexity index is 805. The Morgan fingerprint density at radius 1 is 1.19 bits per heavy atom. The summed E-state index contributed by atoms with van der Waals surface area (Å²) in [5, 5.41) is 10.1. The molecule has 0 amide bonds. The number of hydrogen-bond donors (Lipinski definition) is 1. The van der Waals surface area contributed by atoms with Crippen LogP contribution in [-0.2, 0) is 0 Å². The summed E-state index contributed by atoms with van der Waals surface area (Å²) in [5.74, 6) is -0.430. The summed E-state index contributed by atoms with van der Waals surface area (Å²) in [7, 11) is 0. The van der Waals surface area contributed by atoms with Crippen molar-refractivity contribution >= 4 is 22.4 Å². The quantitative estimate of drug-likeness (QED) is 0.414. The number of rotatable bonds is 9. The minimum Gasteiger partial charge on any atom is -0.477 e. The van der Waals surface area contributed by atoms with Crippen LogP contribution < -0.4 is 0 Å². The fourth-order valence-corrected chi connectivity index (χ4v) is 3.05. The third-order valence-electron chi connectivity index (χ3n) is 4.66. The Kier molecular flexibility index (Phi) is 7.58. The van der Waals surface area contributed by atoms with Crippen molar-refractivity contribution in [3.8, 4) is 0 Å². The molecular weight excluding hydrogens is 322 g/mol. The molecule has 1 aromatic heterocycles. The van der Waals surface area contributed by atoms with Gasteiger partial charge in [0, 0.05) is 10.9 Å². The summed E-state index contributed by atoms with van der Waals surface area (Å²) in [6, 6.07) is 9.30. The van der Waals surface area contributed by atoms with Gasteiger partial charge in [-0.25, -0.2) is 9.78 Å². The molecule has 3 heteroatoms. The summed E-state index contributed by atoms with van der Waals surface area (Å²) in [6.45, 7) is 6.53. The smallest absolute Gasteiger partial charge is 0.354 e. The maximum absolute atomic E-state index is 11.2. The normalized spacial score (nSPS) is 13.4. The van der Waals surface area contributed by atoms with Gasteiger partial charge in [-0.2, -0.15) is 0 Å². The highest BCUT2D eigenvalue weighted by atomic mass is 16.4. The van der Waals surface area contributed by atoms with Crippen LogP contribution in [0, 0.1) is 5.92 Å². The zero-order valence-electron chi connectivity index (χ0n) is 16.0. The van der Waals surface area contributed by atoms with E-state index in [2.05, 4.69) is 37.1 Å². The number of pyridine rings is 1. The van der Waals surface area contributed by atoms with Crippen LogP contribution in [0.15, 0.2) is 48.6 Å². The predicted molar refractivity (Wildman–Crippen MR) is 109 cm³/mol. The highest BCUT2D eigenvalue weighted by Gasteiger charge is 2.09. The van der Waals surface area contributed by atoms with Gasteiger partial charge in [-0.1, -0.05) is 82.0 Å². The first kappa shape index (κ1) is 19.9. The molecule has 1 N–H and O–H groups in total. The molecule has 138 valence electrons. The molecule has 0 radical (unpaired) electrons. The lowest BCUT2D eigenvalue weighted by Gasteiger charge is -2.07. The third-order valence-corrected chi connectivity index (χ3v) is 4.66. The molecule has 0 saturated carbocycles. The van der Waals surface area contributed by atoms with Crippen LogP contribution in [0.4, 0.5) is 0 Å². The number of nitrogens with zero attached hydrogens (tertiary/aromatic N) is 1. The summed E-state index contributed by atoms with van der Waals surface area (Å²) in [4.78, 5) is 15.5. The number of aromatic nitrogens is 1. The second-order valence-corrected chi connectivity index (χ2v) is 6.94. The first-order valence-electron chi connectivity index (χ1n) is 9.51. The average Bonchev–Trinajstić information content (AvgIpc) is 2.64. The van der Waals surface area contributed by atoms with Gasteiger partial charge in [-0.3, -0.25) is 0 Å². The van der Waals surface area contributed by atoms with E-state index < -0.39 is 5.97 Å². The molecule has 0 aliphatic carbocycles. The van der Waals surface area contributed by atoms with Gasteiger partial charge in [-0.05, 0) is 30.9 Å². The number of aromatic carboxylic acids is 1. The minimum absolute atomic E-state index is 0.0778. The Hall–Kier alpha value is -2.42. The van der Waals surface area contributed by atoms with Gasteiger partial charge >= 0.3 is 5.97 Å². The number of carboxylic acids is 1. The van der Waals surface area contributed by atoms with Crippen LogP contribution in [0.1, 0.15) is 68.9 Å². The summed E-state index contributed by atoms with van der Waals surface area (Å²) in [5.41, 5.74) is 2.88. The number of para-hydroxylation sites is 1. The number of benzene rings is 1. The maximum Gasteiger partial charge on any atom is 0.354 e. The standard InChI is InChI=1S/C23H29NO2/c1-4-5-6-7-10-17(2)11-8-12-18(3)20-14-9-13-19-15-16-21(23(25)26)24-22(19)20/h8-9,11-17H,4-7,10H2,1-3H3,(H,25,26)/b11-8-,18-12+/t17-/m0/s1. The summed E-state index contributed by atoms with van der Waals surface area (Å²) < 4.78 is 0. The lowest BCUT2D eigenvalue weighted by molar-refractivity contribution is 0.0691. The van der Waals surface area contributed by atoms with Crippen molar-refractivity contribution < 1.29 is 9.90 Å². The second-order valence-electron chi connectivity index (χ2n) is 6.94. The molecule has 26 heavy (non-hydrogen) atoms. The molecule has 0 bridgehead atoms. The highest BCUT2D eigenvalue weighted by molar-refractivity contribution is 5.94. The lowest BCUT2D eigenvalue weighted by atomic mass is 10.0. The van der Waals surface area contributed by atoms with E-state index in [9.17, 15) is 9.90 Å². The molecule has 1 atom stereocenters. The predicted octanol–water partition coefficient (Wildman–Crippen LogP) is 6.50. The van der Waals surface area contributed by atoms with Crippen LogP contribution in [0.3, 0.4) is 0 Å². The molecule has 0 fully saturated rings. The third kappa shape index (κ3) is 5.55. The number of allylic oxidation sites excluding steroid dienone is 4. The maximum atomic E-state index is 11.2. The van der Waals surface area contributed by atoms with Crippen LogP contribution in [-0.4, -0.2) is 16.1 Å². The Labute approximate surface area is 156 Å². The molecule has 1 heterocycles. The SMILES string of the molecule is CCCCCC[C@H](C)/C=C\C=C(/C)c1cccc2ccc(C(=O)O)nc12. The molecule has 0 saturated heterocycles. The Balaban J connectivity index is 2.14. The van der Waals surface area contributed by atoms with E-state index in [1.54, 1.807) is 6.07 Å². The number of carbonyl (C=O) groups is 1. The van der Waals surface area contributed by atoms with Crippen LogP contribution >= 0.6 is 0 Å². The van der Waals surface area contributed by atoms with Gasteiger partial charge in [0.15, 0.2) is 0 Å². The van der Waals surface area contributed by atoms with E-state index in [-0.39, 0.29) is 5.69 Å². The van der Waals surface area contributed by atoms with Gasteiger partial charge in [0.05, 0.1) is 5.52 Å². The largest absolute Gasteiger partial charge is 0.477 e. The molecule has 2 aromatic rings. The van der Waals surface area contributed by atoms with Crippen molar-refractivity contribution in [2.75, 3.05) is 0 Å². The van der Waals surface area contributed by atoms with Crippen molar-refractivity contribution in [1.29, 1.82) is 0 Å². The molecule has 0 aliphatic heterocycles. The average molecular weight is 351 g/mol. The summed E-state index contributed by atoms with van der Waals surface area (Å²) in [6.07, 6.45) is 12.9. The van der Waals surface area contributed by atoms with E-state index in [0.717, 1.165) is 22.0 Å². The number of fused-ring (bicyclic) bond motifs is 1. The van der Waals surface area contributed by atoms with Gasteiger partial charge in [0.25, 0.3) is 0 Å². The zero-order valence-corrected chi connectivity index (χ0v) is 16.0. The lowest BCUT2D eigenvalue weighted by Crippen LogP contribution is -2.00. The molecule has 3 nitrogen and oxygen atoms in total. The van der Waals surface area contributed by atoms with Crippen LogP contribution in [0.5, 0.6) is 0 Å². The minimum atomic E-state index is -1.000. The van der Waals surface area contributed by atoms with E-state index in [4.69, 9.17) is 0 Å². The Morgan fingerprint density at radius 2 is 2.00 bits per heavy atom. The van der Waals surface area contributed by atoms with Crippen molar-refractivity contribution in [2.24, 2.45) is 5.92 Å². The fourth-order valence-electron chi connectivity index (χ4n) is 3.05. The van der Waals surface area contributed by atoms with E-state index >= 15 is 0 Å². The topological polar surface area (TPSA) is 50.2 Å². The first-order chi connectivity index (χ1) is 12.5. The first-order valence-corrected chi connectivity index (χ1v) is 9.51. The van der Waals surface area contributed by atoms with E-state index in [0.29, 0.717) is 5.92 Å². The summed E-state index contributed by atoms with van der Waals surface area (Å²) >= 11 is 0. The van der Waals surface area contributed by atoms with Gasteiger partial charge in [0.1, 0.15) is 5.69 Å². The van der Waals surface area contributed by atoms with Gasteiger partial charge in [0.2, 0.25) is 0 Å². The van der Waals surface area contributed by atoms with Crippen molar-refractivity contribution in [2.45, 2.75) is 52.9 Å². The fraction of sp³-hybridized carbons (Fsp3) is 0.391. The van der Waals surface area contributed by atoms with Crippen molar-refractivity contribution in [3.05, 3.63) is 59.8 Å². The molecular formula is C23H29NO2. The number of carboxylic acid groups (broad SMARTS) is 1. The molecule has 0 spiro atoms. The molecule has 0 aliphatic rings. The number of unbranched alkanes of at least 4 members (excludes halogenated alkanes) is 3. The molecule has 0 unspecified atom stereocenters. The molecule has 2 rings (SSSR count). The van der Waals surface area contributed by atoms with Gasteiger partial charge < -0.3 is 5.11 Å². The van der Waals surface area contributed by atoms with E-state index in [1.807, 2.05) is 31.2 Å². The number of hydrogen-bond acceptors (Lipinski definition) is 2. The zero-order chi connectivity index (χ0) is 18.9.